The highest BCUT2D eigenvalue weighted by Crippen LogP contribution is 2.32. The number of ether oxygens (including phenoxy) is 5. The standard InChI is InChI=1S/C19H25NO9/c1-9-16(26-10(2)22)17(27-11(3)23)18(28-12(4)24)19(25-9)29-15-7-13(8-21)5-6-14(15)20/h5-7,9,16-19,21H,8,20H2,1-4H3/t9-,16-,17+,18-,19+/m1/s1. The van der Waals surface area contributed by atoms with Crippen molar-refractivity contribution >= 4 is 23.6 Å². The van der Waals surface area contributed by atoms with Gasteiger partial charge in [0, 0.05) is 20.8 Å². The van der Waals surface area contributed by atoms with E-state index in [1.807, 2.05) is 0 Å². The summed E-state index contributed by atoms with van der Waals surface area (Å²) >= 11 is 0. The SMILES string of the molecule is CC(=O)O[C@@H]1[C@@H](OC(C)=O)[C@H](Oc2cc(CO)ccc2N)O[C@H](C)[C@H]1OC(C)=O. The lowest BCUT2D eigenvalue weighted by Gasteiger charge is -2.43. The second kappa shape index (κ2) is 9.57. The molecule has 0 aliphatic carbocycles. The van der Waals surface area contributed by atoms with Crippen LogP contribution in [0, 0.1) is 0 Å². The van der Waals surface area contributed by atoms with E-state index < -0.39 is 48.6 Å². The number of hydrogen-bond acceptors (Lipinski definition) is 10. The van der Waals surface area contributed by atoms with Gasteiger partial charge in [0.1, 0.15) is 5.75 Å². The van der Waals surface area contributed by atoms with E-state index in [2.05, 4.69) is 0 Å². The summed E-state index contributed by atoms with van der Waals surface area (Å²) in [4.78, 5) is 34.8. The molecule has 1 aliphatic rings. The maximum absolute atomic E-state index is 11.7. The van der Waals surface area contributed by atoms with E-state index in [1.165, 1.54) is 26.8 Å². The summed E-state index contributed by atoms with van der Waals surface area (Å²) in [5.41, 5.74) is 6.72. The number of carbonyl (C=O) groups is 3. The molecule has 0 aromatic heterocycles. The highest BCUT2D eigenvalue weighted by molar-refractivity contribution is 5.68. The molecule has 1 saturated heterocycles. The first-order valence-electron chi connectivity index (χ1n) is 8.95. The van der Waals surface area contributed by atoms with Gasteiger partial charge in [-0.05, 0) is 24.6 Å². The van der Waals surface area contributed by atoms with Crippen molar-refractivity contribution in [2.45, 2.75) is 65.0 Å². The van der Waals surface area contributed by atoms with Crippen LogP contribution in [0.3, 0.4) is 0 Å². The summed E-state index contributed by atoms with van der Waals surface area (Å²) in [6, 6.07) is 4.67. The quantitative estimate of drug-likeness (QED) is 0.389. The molecule has 29 heavy (non-hydrogen) atoms. The van der Waals surface area contributed by atoms with Crippen molar-refractivity contribution in [3.63, 3.8) is 0 Å². The van der Waals surface area contributed by atoms with Gasteiger partial charge in [0.25, 0.3) is 0 Å². The fraction of sp³-hybridized carbons (Fsp3) is 0.526. The number of aliphatic hydroxyl groups is 1. The third-order valence-corrected chi connectivity index (χ3v) is 4.14. The van der Waals surface area contributed by atoms with Crippen molar-refractivity contribution in [3.05, 3.63) is 23.8 Å². The molecular weight excluding hydrogens is 386 g/mol. The lowest BCUT2D eigenvalue weighted by Crippen LogP contribution is -2.62. The summed E-state index contributed by atoms with van der Waals surface area (Å²) in [6.07, 6.45) is -5.42. The van der Waals surface area contributed by atoms with Crippen molar-refractivity contribution in [1.29, 1.82) is 0 Å². The van der Waals surface area contributed by atoms with Gasteiger partial charge in [-0.25, -0.2) is 0 Å². The van der Waals surface area contributed by atoms with Gasteiger partial charge in [0.05, 0.1) is 18.4 Å². The first-order valence-corrected chi connectivity index (χ1v) is 8.95. The number of carbonyl (C=O) groups excluding carboxylic acids is 3. The Morgan fingerprint density at radius 3 is 2.10 bits per heavy atom. The number of nitrogens with two attached hydrogens (primary N) is 1. The van der Waals surface area contributed by atoms with Gasteiger partial charge >= 0.3 is 17.9 Å². The smallest absolute Gasteiger partial charge is 0.303 e. The van der Waals surface area contributed by atoms with Crippen LogP contribution in [0.5, 0.6) is 5.75 Å². The van der Waals surface area contributed by atoms with Crippen LogP contribution in [0.1, 0.15) is 33.3 Å². The van der Waals surface area contributed by atoms with Gasteiger partial charge in [0.2, 0.25) is 12.4 Å². The van der Waals surface area contributed by atoms with Crippen molar-refractivity contribution < 1.29 is 43.2 Å². The van der Waals surface area contributed by atoms with E-state index in [9.17, 15) is 19.5 Å². The van der Waals surface area contributed by atoms with E-state index in [0.717, 1.165) is 0 Å². The Bertz CT molecular complexity index is 766. The third kappa shape index (κ3) is 5.81. The maximum Gasteiger partial charge on any atom is 0.303 e. The lowest BCUT2D eigenvalue weighted by atomic mass is 9.98. The molecule has 5 atom stereocenters. The van der Waals surface area contributed by atoms with Crippen LogP contribution in [0.4, 0.5) is 5.69 Å². The fourth-order valence-electron chi connectivity index (χ4n) is 2.97. The molecule has 160 valence electrons. The molecule has 0 bridgehead atoms. The van der Waals surface area contributed by atoms with Crippen LogP contribution in [0.25, 0.3) is 0 Å². The van der Waals surface area contributed by atoms with Gasteiger partial charge in [-0.15, -0.1) is 0 Å². The highest BCUT2D eigenvalue weighted by Gasteiger charge is 2.51. The molecule has 1 fully saturated rings. The van der Waals surface area contributed by atoms with Gasteiger partial charge < -0.3 is 34.5 Å². The van der Waals surface area contributed by atoms with Gasteiger partial charge in [0.15, 0.2) is 12.2 Å². The predicted octanol–water partition coefficient (Wildman–Crippen LogP) is 0.680. The molecule has 3 N–H and O–H groups in total. The first kappa shape index (κ1) is 22.4. The second-order valence-corrected chi connectivity index (χ2v) is 6.58. The lowest BCUT2D eigenvalue weighted by molar-refractivity contribution is -0.280. The highest BCUT2D eigenvalue weighted by atomic mass is 16.7. The van der Waals surface area contributed by atoms with E-state index in [4.69, 9.17) is 29.4 Å². The molecule has 1 aromatic carbocycles. The number of benzene rings is 1. The number of rotatable bonds is 6. The molecule has 1 heterocycles. The third-order valence-electron chi connectivity index (χ3n) is 4.14. The minimum Gasteiger partial charge on any atom is -0.459 e. The molecule has 0 spiro atoms. The summed E-state index contributed by atoms with van der Waals surface area (Å²) in [6.45, 7) is 4.90. The predicted molar refractivity (Wildman–Crippen MR) is 98.4 cm³/mol. The minimum absolute atomic E-state index is 0.179. The minimum atomic E-state index is -1.24. The van der Waals surface area contributed by atoms with Gasteiger partial charge in [-0.2, -0.15) is 0 Å². The average Bonchev–Trinajstić information content (AvgIpc) is 2.62. The Labute approximate surface area is 167 Å². The normalized spacial score (nSPS) is 26.3. The molecular formula is C19H25NO9. The molecule has 1 aliphatic heterocycles. The first-order chi connectivity index (χ1) is 13.6. The van der Waals surface area contributed by atoms with E-state index in [1.54, 1.807) is 19.1 Å². The van der Waals surface area contributed by atoms with Gasteiger partial charge in [-0.3, -0.25) is 14.4 Å². The van der Waals surface area contributed by atoms with Crippen molar-refractivity contribution in [1.82, 2.24) is 0 Å². The monoisotopic (exact) mass is 411 g/mol. The van der Waals surface area contributed by atoms with Crippen molar-refractivity contribution in [2.75, 3.05) is 5.73 Å². The zero-order valence-corrected chi connectivity index (χ0v) is 16.6. The Kier molecular flexibility index (Phi) is 7.40. The number of hydrogen-bond donors (Lipinski definition) is 2. The summed E-state index contributed by atoms with van der Waals surface area (Å²) in [5, 5.41) is 9.33. The Morgan fingerprint density at radius 2 is 1.55 bits per heavy atom. The van der Waals surface area contributed by atoms with E-state index in [0.29, 0.717) is 5.56 Å². The number of aliphatic hydroxyl groups excluding tert-OH is 1. The molecule has 0 radical (unpaired) electrons. The summed E-state index contributed by atoms with van der Waals surface area (Å²) in [5.74, 6) is -1.79. The van der Waals surface area contributed by atoms with Crippen molar-refractivity contribution in [3.8, 4) is 5.75 Å². The Hall–Kier alpha value is -2.85. The average molecular weight is 411 g/mol. The maximum atomic E-state index is 11.7. The number of esters is 3. The largest absolute Gasteiger partial charge is 0.459 e. The van der Waals surface area contributed by atoms with Crippen LogP contribution in [-0.2, 0) is 39.9 Å². The Morgan fingerprint density at radius 1 is 1.00 bits per heavy atom. The molecule has 10 heteroatoms. The molecule has 0 unspecified atom stereocenters. The zero-order chi connectivity index (χ0) is 21.7. The van der Waals surface area contributed by atoms with E-state index in [-0.39, 0.29) is 18.0 Å². The van der Waals surface area contributed by atoms with E-state index >= 15 is 0 Å². The van der Waals surface area contributed by atoms with Crippen LogP contribution in [0.2, 0.25) is 0 Å². The molecule has 0 amide bonds. The topological polar surface area (TPSA) is 144 Å². The molecule has 0 saturated carbocycles. The van der Waals surface area contributed by atoms with Crippen molar-refractivity contribution in [2.24, 2.45) is 0 Å². The molecule has 2 rings (SSSR count). The number of nitrogen functional groups attached to an aromatic ring is 1. The second-order valence-electron chi connectivity index (χ2n) is 6.58. The number of anilines is 1. The zero-order valence-electron chi connectivity index (χ0n) is 16.6. The van der Waals surface area contributed by atoms with Crippen LogP contribution in [0.15, 0.2) is 18.2 Å². The van der Waals surface area contributed by atoms with Gasteiger partial charge in [-0.1, -0.05) is 6.07 Å². The molecule has 10 nitrogen and oxygen atoms in total. The van der Waals surface area contributed by atoms with Crippen LogP contribution < -0.4 is 10.5 Å². The summed E-state index contributed by atoms with van der Waals surface area (Å²) < 4.78 is 27.4. The summed E-state index contributed by atoms with van der Waals surface area (Å²) in [7, 11) is 0. The molecule has 1 aromatic rings. The fourth-order valence-corrected chi connectivity index (χ4v) is 2.97. The van der Waals surface area contributed by atoms with Crippen LogP contribution in [-0.4, -0.2) is 53.7 Å². The Balaban J connectivity index is 2.40. The van der Waals surface area contributed by atoms with Crippen LogP contribution >= 0.6 is 0 Å².